The van der Waals surface area contributed by atoms with Crippen LogP contribution in [0.1, 0.15) is 23.2 Å². The van der Waals surface area contributed by atoms with Crippen molar-refractivity contribution in [1.82, 2.24) is 20.2 Å². The first-order chi connectivity index (χ1) is 12.1. The molecule has 0 aliphatic rings. The van der Waals surface area contributed by atoms with E-state index in [0.717, 1.165) is 11.1 Å². The highest BCUT2D eigenvalue weighted by atomic mass is 19.1. The van der Waals surface area contributed by atoms with Crippen molar-refractivity contribution in [2.24, 2.45) is 0 Å². The van der Waals surface area contributed by atoms with E-state index in [-0.39, 0.29) is 11.6 Å². The lowest BCUT2D eigenvalue weighted by Crippen LogP contribution is -2.07. The number of para-hydroxylation sites is 1. The SMILES string of the molecule is Cc1cc(-c2nc([C@@H](O)c3ccc(F)cc3)nc3ccccc23)n[nH]1. The Bertz CT molecular complexity index is 1040. The molecule has 2 N–H and O–H groups in total. The summed E-state index contributed by atoms with van der Waals surface area (Å²) in [7, 11) is 0. The van der Waals surface area contributed by atoms with E-state index in [1.54, 1.807) is 0 Å². The third kappa shape index (κ3) is 2.88. The molecule has 0 unspecified atom stereocenters. The predicted molar refractivity (Wildman–Crippen MR) is 92.3 cm³/mol. The van der Waals surface area contributed by atoms with Gasteiger partial charge in [-0.05, 0) is 36.8 Å². The van der Waals surface area contributed by atoms with Gasteiger partial charge in [-0.25, -0.2) is 14.4 Å². The fraction of sp³-hybridized carbons (Fsp3) is 0.105. The lowest BCUT2D eigenvalue weighted by Gasteiger charge is -2.12. The average Bonchev–Trinajstić information content (AvgIpc) is 3.07. The van der Waals surface area contributed by atoms with E-state index in [4.69, 9.17) is 0 Å². The minimum absolute atomic E-state index is 0.251. The number of nitrogens with one attached hydrogen (secondary N) is 1. The van der Waals surface area contributed by atoms with Crippen LogP contribution in [0.15, 0.2) is 54.6 Å². The van der Waals surface area contributed by atoms with Gasteiger partial charge in [-0.15, -0.1) is 0 Å². The van der Waals surface area contributed by atoms with Crippen molar-refractivity contribution in [3.05, 3.63) is 77.5 Å². The van der Waals surface area contributed by atoms with Crippen LogP contribution in [0.5, 0.6) is 0 Å². The van der Waals surface area contributed by atoms with Gasteiger partial charge in [0.1, 0.15) is 23.3 Å². The molecular formula is C19H15FN4O. The van der Waals surface area contributed by atoms with E-state index in [9.17, 15) is 9.50 Å². The highest BCUT2D eigenvalue weighted by Crippen LogP contribution is 2.28. The second-order valence-corrected chi connectivity index (χ2v) is 5.84. The number of nitrogens with zero attached hydrogens (tertiary/aromatic N) is 3. The van der Waals surface area contributed by atoms with Crippen molar-refractivity contribution >= 4 is 10.9 Å². The molecule has 5 nitrogen and oxygen atoms in total. The van der Waals surface area contributed by atoms with Gasteiger partial charge in [-0.1, -0.05) is 30.3 Å². The number of hydrogen-bond donors (Lipinski definition) is 2. The average molecular weight is 334 g/mol. The zero-order valence-corrected chi connectivity index (χ0v) is 13.4. The largest absolute Gasteiger partial charge is 0.380 e. The van der Waals surface area contributed by atoms with Gasteiger partial charge in [-0.2, -0.15) is 5.10 Å². The second kappa shape index (κ2) is 6.07. The van der Waals surface area contributed by atoms with Crippen LogP contribution >= 0.6 is 0 Å². The number of aliphatic hydroxyl groups excluding tert-OH is 1. The molecule has 124 valence electrons. The molecule has 25 heavy (non-hydrogen) atoms. The molecule has 0 aliphatic heterocycles. The maximum atomic E-state index is 13.1. The molecular weight excluding hydrogens is 319 g/mol. The molecule has 0 spiro atoms. The number of aromatic amines is 1. The van der Waals surface area contributed by atoms with Crippen LogP contribution < -0.4 is 0 Å². The Hall–Kier alpha value is -3.12. The van der Waals surface area contributed by atoms with Crippen LogP contribution in [0.4, 0.5) is 4.39 Å². The monoisotopic (exact) mass is 334 g/mol. The molecule has 4 aromatic rings. The van der Waals surface area contributed by atoms with Crippen LogP contribution in [0.3, 0.4) is 0 Å². The van der Waals surface area contributed by atoms with Crippen LogP contribution in [0, 0.1) is 12.7 Å². The Kier molecular flexibility index (Phi) is 3.74. The first-order valence-corrected chi connectivity index (χ1v) is 7.84. The van der Waals surface area contributed by atoms with Gasteiger partial charge in [0.15, 0.2) is 5.82 Å². The number of aryl methyl sites for hydroxylation is 1. The van der Waals surface area contributed by atoms with E-state index in [1.807, 2.05) is 37.3 Å². The van der Waals surface area contributed by atoms with Crippen LogP contribution in [0.25, 0.3) is 22.3 Å². The summed E-state index contributed by atoms with van der Waals surface area (Å²) in [6, 6.07) is 15.1. The molecule has 2 aromatic heterocycles. The van der Waals surface area contributed by atoms with E-state index in [0.29, 0.717) is 22.5 Å². The summed E-state index contributed by atoms with van der Waals surface area (Å²) in [5.41, 5.74) is 3.48. The van der Waals surface area contributed by atoms with Crippen LogP contribution in [-0.2, 0) is 0 Å². The van der Waals surface area contributed by atoms with Gasteiger partial charge >= 0.3 is 0 Å². The fourth-order valence-corrected chi connectivity index (χ4v) is 2.75. The minimum atomic E-state index is -1.05. The summed E-state index contributed by atoms with van der Waals surface area (Å²) in [5.74, 6) is -0.107. The molecule has 0 saturated heterocycles. The Labute approximate surface area is 143 Å². The van der Waals surface area contributed by atoms with Crippen molar-refractivity contribution in [3.63, 3.8) is 0 Å². The molecule has 2 aromatic carbocycles. The molecule has 0 amide bonds. The third-order valence-corrected chi connectivity index (χ3v) is 4.00. The number of H-pyrrole nitrogens is 1. The summed E-state index contributed by atoms with van der Waals surface area (Å²) >= 11 is 0. The molecule has 0 saturated carbocycles. The van der Waals surface area contributed by atoms with E-state index in [2.05, 4.69) is 20.2 Å². The number of hydrogen-bond acceptors (Lipinski definition) is 4. The zero-order chi connectivity index (χ0) is 17.4. The van der Waals surface area contributed by atoms with Gasteiger partial charge < -0.3 is 5.11 Å². The Morgan fingerprint density at radius 2 is 1.80 bits per heavy atom. The number of benzene rings is 2. The summed E-state index contributed by atoms with van der Waals surface area (Å²) in [5, 5.41) is 18.7. The summed E-state index contributed by atoms with van der Waals surface area (Å²) in [4.78, 5) is 9.02. The first kappa shape index (κ1) is 15.4. The molecule has 4 rings (SSSR count). The summed E-state index contributed by atoms with van der Waals surface area (Å²) < 4.78 is 13.1. The number of aromatic nitrogens is 4. The maximum Gasteiger partial charge on any atom is 0.162 e. The standard InChI is InChI=1S/C19H15FN4O/c1-11-10-16(24-23-11)17-14-4-2-3-5-15(14)21-19(22-17)18(25)12-6-8-13(20)9-7-12/h2-10,18,25H,1H3,(H,23,24)/t18-/m0/s1. The molecule has 1 atom stereocenters. The van der Waals surface area contributed by atoms with Gasteiger partial charge in [-0.3, -0.25) is 5.10 Å². The summed E-state index contributed by atoms with van der Waals surface area (Å²) in [6.45, 7) is 1.91. The summed E-state index contributed by atoms with van der Waals surface area (Å²) in [6.07, 6.45) is -1.05. The van der Waals surface area contributed by atoms with Gasteiger partial charge in [0, 0.05) is 11.1 Å². The number of aliphatic hydroxyl groups is 1. The van der Waals surface area contributed by atoms with Crippen molar-refractivity contribution in [2.75, 3.05) is 0 Å². The molecule has 0 bridgehead atoms. The Balaban J connectivity index is 1.88. The topological polar surface area (TPSA) is 74.7 Å². The van der Waals surface area contributed by atoms with Crippen molar-refractivity contribution < 1.29 is 9.50 Å². The number of halogens is 1. The van der Waals surface area contributed by atoms with Crippen LogP contribution in [-0.4, -0.2) is 25.3 Å². The minimum Gasteiger partial charge on any atom is -0.380 e. The van der Waals surface area contributed by atoms with E-state index in [1.165, 1.54) is 24.3 Å². The molecule has 2 heterocycles. The van der Waals surface area contributed by atoms with Crippen molar-refractivity contribution in [1.29, 1.82) is 0 Å². The smallest absolute Gasteiger partial charge is 0.162 e. The third-order valence-electron chi connectivity index (χ3n) is 4.00. The van der Waals surface area contributed by atoms with Gasteiger partial charge in [0.2, 0.25) is 0 Å². The number of fused-ring (bicyclic) bond motifs is 1. The molecule has 0 aliphatic carbocycles. The van der Waals surface area contributed by atoms with Crippen molar-refractivity contribution in [3.8, 4) is 11.4 Å². The lowest BCUT2D eigenvalue weighted by molar-refractivity contribution is 0.210. The Morgan fingerprint density at radius 3 is 2.52 bits per heavy atom. The predicted octanol–water partition coefficient (Wildman–Crippen LogP) is 3.55. The highest BCUT2D eigenvalue weighted by molar-refractivity contribution is 5.91. The van der Waals surface area contributed by atoms with Crippen LogP contribution in [0.2, 0.25) is 0 Å². The van der Waals surface area contributed by atoms with Gasteiger partial charge in [0.05, 0.1) is 5.52 Å². The van der Waals surface area contributed by atoms with Crippen molar-refractivity contribution in [2.45, 2.75) is 13.0 Å². The first-order valence-electron chi connectivity index (χ1n) is 7.84. The second-order valence-electron chi connectivity index (χ2n) is 5.84. The molecule has 0 radical (unpaired) electrons. The number of rotatable bonds is 3. The fourth-order valence-electron chi connectivity index (χ4n) is 2.75. The van der Waals surface area contributed by atoms with Gasteiger partial charge in [0.25, 0.3) is 0 Å². The highest BCUT2D eigenvalue weighted by Gasteiger charge is 2.18. The Morgan fingerprint density at radius 1 is 1.04 bits per heavy atom. The lowest BCUT2D eigenvalue weighted by atomic mass is 10.1. The van der Waals surface area contributed by atoms with E-state index < -0.39 is 6.10 Å². The normalized spacial score (nSPS) is 12.4. The maximum absolute atomic E-state index is 13.1. The quantitative estimate of drug-likeness (QED) is 0.601. The zero-order valence-electron chi connectivity index (χ0n) is 13.4. The molecule has 0 fully saturated rings. The molecule has 6 heteroatoms. The van der Waals surface area contributed by atoms with E-state index >= 15 is 0 Å².